The number of carbonyl (C=O) groups excluding carboxylic acids is 1. The zero-order chi connectivity index (χ0) is 18.0. The minimum atomic E-state index is -0.537. The highest BCUT2D eigenvalue weighted by molar-refractivity contribution is 5.69. The second kappa shape index (κ2) is 6.88. The van der Waals surface area contributed by atoms with Gasteiger partial charge in [-0.05, 0) is 20.8 Å². The van der Waals surface area contributed by atoms with Crippen molar-refractivity contribution in [3.05, 3.63) is 42.4 Å². The zero-order valence-corrected chi connectivity index (χ0v) is 15.2. The Morgan fingerprint density at radius 2 is 2.00 bits per heavy atom. The third-order valence-electron chi connectivity index (χ3n) is 4.21. The SMILES string of the molecule is COC1CC(c2nc(-c3ccccc3)c[nH]2)N(C(=O)OC(C)(C)C)C1. The number of amides is 1. The largest absolute Gasteiger partial charge is 0.444 e. The summed E-state index contributed by atoms with van der Waals surface area (Å²) in [6, 6.07) is 9.77. The Bertz CT molecular complexity index is 721. The zero-order valence-electron chi connectivity index (χ0n) is 15.2. The first-order valence-electron chi connectivity index (χ1n) is 8.50. The van der Waals surface area contributed by atoms with Crippen molar-refractivity contribution in [3.63, 3.8) is 0 Å². The fourth-order valence-electron chi connectivity index (χ4n) is 3.01. The second-order valence-electron chi connectivity index (χ2n) is 7.28. The topological polar surface area (TPSA) is 67.5 Å². The van der Waals surface area contributed by atoms with Crippen LogP contribution in [-0.2, 0) is 9.47 Å². The van der Waals surface area contributed by atoms with Crippen LogP contribution < -0.4 is 0 Å². The van der Waals surface area contributed by atoms with E-state index >= 15 is 0 Å². The molecule has 1 aliphatic heterocycles. The summed E-state index contributed by atoms with van der Waals surface area (Å²) >= 11 is 0. The molecule has 0 aliphatic carbocycles. The number of carbonyl (C=O) groups is 1. The van der Waals surface area contributed by atoms with Gasteiger partial charge in [-0.1, -0.05) is 30.3 Å². The first-order valence-corrected chi connectivity index (χ1v) is 8.50. The minimum Gasteiger partial charge on any atom is -0.444 e. The molecule has 2 atom stereocenters. The number of benzene rings is 1. The first-order chi connectivity index (χ1) is 11.9. The van der Waals surface area contributed by atoms with Gasteiger partial charge in [-0.2, -0.15) is 0 Å². The summed E-state index contributed by atoms with van der Waals surface area (Å²) in [6.07, 6.45) is 2.20. The number of aromatic amines is 1. The summed E-state index contributed by atoms with van der Waals surface area (Å²) in [5.41, 5.74) is 1.36. The van der Waals surface area contributed by atoms with Gasteiger partial charge in [0, 0.05) is 25.3 Å². The maximum Gasteiger partial charge on any atom is 0.411 e. The van der Waals surface area contributed by atoms with Crippen LogP contribution in [0.2, 0.25) is 0 Å². The van der Waals surface area contributed by atoms with Crippen molar-refractivity contribution in [1.82, 2.24) is 14.9 Å². The van der Waals surface area contributed by atoms with Crippen molar-refractivity contribution >= 4 is 6.09 Å². The van der Waals surface area contributed by atoms with Gasteiger partial charge in [0.1, 0.15) is 11.4 Å². The maximum atomic E-state index is 12.6. The lowest BCUT2D eigenvalue weighted by atomic mass is 10.1. The third-order valence-corrected chi connectivity index (χ3v) is 4.21. The number of likely N-dealkylation sites (tertiary alicyclic amines) is 1. The van der Waals surface area contributed by atoms with Gasteiger partial charge in [-0.3, -0.25) is 4.90 Å². The molecule has 6 heteroatoms. The van der Waals surface area contributed by atoms with Crippen LogP contribution in [0.1, 0.15) is 39.1 Å². The van der Waals surface area contributed by atoms with Crippen molar-refractivity contribution in [2.75, 3.05) is 13.7 Å². The molecule has 1 amide bonds. The number of methoxy groups -OCH3 is 1. The van der Waals surface area contributed by atoms with E-state index in [1.165, 1.54) is 0 Å². The molecule has 3 rings (SSSR count). The van der Waals surface area contributed by atoms with Crippen LogP contribution in [0.4, 0.5) is 4.79 Å². The number of H-pyrrole nitrogens is 1. The van der Waals surface area contributed by atoms with E-state index in [4.69, 9.17) is 14.5 Å². The highest BCUT2D eigenvalue weighted by Gasteiger charge is 2.40. The Morgan fingerprint density at radius 1 is 1.28 bits per heavy atom. The van der Waals surface area contributed by atoms with E-state index < -0.39 is 5.60 Å². The number of nitrogens with one attached hydrogen (secondary N) is 1. The van der Waals surface area contributed by atoms with Crippen molar-refractivity contribution in [1.29, 1.82) is 0 Å². The predicted octanol–water partition coefficient (Wildman–Crippen LogP) is 3.77. The average Bonchev–Trinajstić information content (AvgIpc) is 3.21. The van der Waals surface area contributed by atoms with Crippen LogP contribution in [0.5, 0.6) is 0 Å². The van der Waals surface area contributed by atoms with Crippen LogP contribution in [0, 0.1) is 0 Å². The molecule has 25 heavy (non-hydrogen) atoms. The van der Waals surface area contributed by atoms with Crippen molar-refractivity contribution in [2.45, 2.75) is 44.9 Å². The van der Waals surface area contributed by atoms with Crippen molar-refractivity contribution < 1.29 is 14.3 Å². The number of imidazole rings is 1. The standard InChI is InChI=1S/C19H25N3O3/c1-19(2,3)25-18(23)22-12-14(24-4)10-16(22)17-20-11-15(21-17)13-8-6-5-7-9-13/h5-9,11,14,16H,10,12H2,1-4H3,(H,20,21). The van der Waals surface area contributed by atoms with Crippen molar-refractivity contribution in [3.8, 4) is 11.3 Å². The van der Waals surface area contributed by atoms with Crippen LogP contribution in [0.15, 0.2) is 36.5 Å². The highest BCUT2D eigenvalue weighted by Crippen LogP contribution is 2.34. The smallest absolute Gasteiger partial charge is 0.411 e. The number of nitrogens with zero attached hydrogens (tertiary/aromatic N) is 2. The lowest BCUT2D eigenvalue weighted by Gasteiger charge is -2.27. The number of ether oxygens (including phenoxy) is 2. The fraction of sp³-hybridized carbons (Fsp3) is 0.474. The van der Waals surface area contributed by atoms with Gasteiger partial charge in [0.25, 0.3) is 0 Å². The molecule has 0 bridgehead atoms. The Hall–Kier alpha value is -2.34. The summed E-state index contributed by atoms with van der Waals surface area (Å²) in [4.78, 5) is 22.2. The third kappa shape index (κ3) is 4.02. The lowest BCUT2D eigenvalue weighted by molar-refractivity contribution is 0.0190. The van der Waals surface area contributed by atoms with Crippen LogP contribution >= 0.6 is 0 Å². The van der Waals surface area contributed by atoms with Crippen molar-refractivity contribution in [2.24, 2.45) is 0 Å². The quantitative estimate of drug-likeness (QED) is 0.921. The molecule has 2 unspecified atom stereocenters. The van der Waals surface area contributed by atoms with E-state index in [2.05, 4.69) is 4.98 Å². The van der Waals surface area contributed by atoms with Gasteiger partial charge < -0.3 is 14.5 Å². The Balaban J connectivity index is 1.83. The molecular weight excluding hydrogens is 318 g/mol. The Kier molecular flexibility index (Phi) is 4.81. The van der Waals surface area contributed by atoms with Gasteiger partial charge in [0.15, 0.2) is 0 Å². The summed E-state index contributed by atoms with van der Waals surface area (Å²) in [7, 11) is 1.66. The normalized spacial score (nSPS) is 20.7. The Morgan fingerprint density at radius 3 is 2.64 bits per heavy atom. The highest BCUT2D eigenvalue weighted by atomic mass is 16.6. The second-order valence-corrected chi connectivity index (χ2v) is 7.28. The fourth-order valence-corrected chi connectivity index (χ4v) is 3.01. The van der Waals surface area contributed by atoms with Gasteiger partial charge in [0.2, 0.25) is 0 Å². The summed E-state index contributed by atoms with van der Waals surface area (Å²) in [6.45, 7) is 6.09. The van der Waals surface area contributed by atoms with Gasteiger partial charge >= 0.3 is 6.09 Å². The molecule has 1 saturated heterocycles. The van der Waals surface area contributed by atoms with E-state index in [1.54, 1.807) is 12.0 Å². The molecule has 0 spiro atoms. The van der Waals surface area contributed by atoms with Crippen LogP contribution in [0.3, 0.4) is 0 Å². The van der Waals surface area contributed by atoms with E-state index in [-0.39, 0.29) is 18.2 Å². The van der Waals surface area contributed by atoms with Crippen LogP contribution in [0.25, 0.3) is 11.3 Å². The Labute approximate surface area is 148 Å². The van der Waals surface area contributed by atoms with E-state index in [0.717, 1.165) is 17.1 Å². The molecule has 2 aromatic rings. The molecule has 0 saturated carbocycles. The summed E-state index contributed by atoms with van der Waals surface area (Å²) < 4.78 is 11.0. The van der Waals surface area contributed by atoms with Gasteiger partial charge in [0.05, 0.1) is 24.4 Å². The number of aromatic nitrogens is 2. The molecule has 1 aromatic carbocycles. The van der Waals surface area contributed by atoms with E-state index in [0.29, 0.717) is 13.0 Å². The number of rotatable bonds is 3. The molecule has 2 heterocycles. The maximum absolute atomic E-state index is 12.6. The lowest BCUT2D eigenvalue weighted by Crippen LogP contribution is -2.37. The molecule has 134 valence electrons. The molecule has 1 aromatic heterocycles. The summed E-state index contributed by atoms with van der Waals surface area (Å²) in [5, 5.41) is 0. The monoisotopic (exact) mass is 343 g/mol. The number of hydrogen-bond donors (Lipinski definition) is 1. The molecule has 0 radical (unpaired) electrons. The van der Waals surface area contributed by atoms with E-state index in [1.807, 2.05) is 57.3 Å². The molecular formula is C19H25N3O3. The molecule has 1 aliphatic rings. The minimum absolute atomic E-state index is 0.0252. The van der Waals surface area contributed by atoms with E-state index in [9.17, 15) is 4.79 Å². The average molecular weight is 343 g/mol. The van der Waals surface area contributed by atoms with Gasteiger partial charge in [-0.25, -0.2) is 9.78 Å². The van der Waals surface area contributed by atoms with Crippen LogP contribution in [-0.4, -0.2) is 46.3 Å². The number of hydrogen-bond acceptors (Lipinski definition) is 4. The predicted molar refractivity (Wildman–Crippen MR) is 95.1 cm³/mol. The molecule has 6 nitrogen and oxygen atoms in total. The molecule has 1 fully saturated rings. The molecule has 1 N–H and O–H groups in total. The van der Waals surface area contributed by atoms with Gasteiger partial charge in [-0.15, -0.1) is 0 Å². The summed E-state index contributed by atoms with van der Waals surface area (Å²) in [5.74, 6) is 0.754. The first kappa shape index (κ1) is 17.5.